The molecule has 1 aromatic carbocycles. The number of hydrogen-bond donors (Lipinski definition) is 0. The van der Waals surface area contributed by atoms with E-state index in [9.17, 15) is 0 Å². The highest BCUT2D eigenvalue weighted by molar-refractivity contribution is 7.13. The van der Waals surface area contributed by atoms with Gasteiger partial charge in [0.1, 0.15) is 11.2 Å². The maximum atomic E-state index is 5.86. The van der Waals surface area contributed by atoms with Gasteiger partial charge in [-0.2, -0.15) is 0 Å². The van der Waals surface area contributed by atoms with Gasteiger partial charge in [0.15, 0.2) is 0 Å². The van der Waals surface area contributed by atoms with Gasteiger partial charge in [0.25, 0.3) is 0 Å². The fraction of sp³-hybridized carbons (Fsp3) is 0.0833. The van der Waals surface area contributed by atoms with Crippen LogP contribution in [0.1, 0.15) is 5.69 Å². The van der Waals surface area contributed by atoms with E-state index in [1.165, 1.54) is 0 Å². The van der Waals surface area contributed by atoms with E-state index in [0.717, 1.165) is 21.3 Å². The summed E-state index contributed by atoms with van der Waals surface area (Å²) < 4.78 is 1.70. The Hall–Kier alpha value is -1.72. The van der Waals surface area contributed by atoms with E-state index in [4.69, 9.17) is 11.6 Å². The van der Waals surface area contributed by atoms with Crippen molar-refractivity contribution in [2.24, 2.45) is 0 Å². The lowest BCUT2D eigenvalue weighted by atomic mass is 10.2. The zero-order valence-corrected chi connectivity index (χ0v) is 10.8. The maximum absolute atomic E-state index is 5.86. The van der Waals surface area contributed by atoms with Crippen LogP contribution in [0.15, 0.2) is 35.8 Å². The Labute approximate surface area is 113 Å². The zero-order chi connectivity index (χ0) is 12.4. The summed E-state index contributed by atoms with van der Waals surface area (Å²) in [5.74, 6) is 0. The Bertz CT molecular complexity index is 630. The standard InChI is InChI=1S/C12H8ClN4S/c13-10-3-1-9(2-4-10)12-15-11(8-18-12)7-17-6-5-14-16-17/h1-4,6,8H,7H2. The molecule has 2 heterocycles. The van der Waals surface area contributed by atoms with Crippen molar-refractivity contribution in [1.29, 1.82) is 0 Å². The van der Waals surface area contributed by atoms with Crippen molar-refractivity contribution in [3.63, 3.8) is 0 Å². The molecule has 0 saturated carbocycles. The molecule has 0 saturated heterocycles. The van der Waals surface area contributed by atoms with Crippen LogP contribution >= 0.6 is 22.9 Å². The Balaban J connectivity index is 1.83. The van der Waals surface area contributed by atoms with Crippen LogP contribution in [0.5, 0.6) is 0 Å². The third kappa shape index (κ3) is 2.42. The van der Waals surface area contributed by atoms with E-state index in [2.05, 4.69) is 21.5 Å². The Morgan fingerprint density at radius 2 is 2.11 bits per heavy atom. The minimum absolute atomic E-state index is 0.612. The first-order valence-corrected chi connectivity index (χ1v) is 6.53. The number of benzene rings is 1. The van der Waals surface area contributed by atoms with Gasteiger partial charge >= 0.3 is 0 Å². The average Bonchev–Trinajstić information content (AvgIpc) is 3.02. The maximum Gasteiger partial charge on any atom is 0.134 e. The largest absolute Gasteiger partial charge is 0.246 e. The number of halogens is 1. The van der Waals surface area contributed by atoms with Crippen LogP contribution in [-0.2, 0) is 6.54 Å². The molecule has 6 heteroatoms. The first-order valence-electron chi connectivity index (χ1n) is 5.28. The molecule has 0 aliphatic carbocycles. The van der Waals surface area contributed by atoms with E-state index in [1.54, 1.807) is 22.2 Å². The van der Waals surface area contributed by atoms with E-state index >= 15 is 0 Å². The van der Waals surface area contributed by atoms with Crippen molar-refractivity contribution >= 4 is 22.9 Å². The summed E-state index contributed by atoms with van der Waals surface area (Å²) in [6.45, 7) is 0.612. The lowest BCUT2D eigenvalue weighted by molar-refractivity contribution is 0.641. The predicted molar refractivity (Wildman–Crippen MR) is 70.5 cm³/mol. The summed E-state index contributed by atoms with van der Waals surface area (Å²) in [5.41, 5.74) is 2.03. The second-order valence-corrected chi connectivity index (χ2v) is 4.99. The van der Waals surface area contributed by atoms with Gasteiger partial charge in [-0.3, -0.25) is 0 Å². The molecule has 4 nitrogen and oxygen atoms in total. The van der Waals surface area contributed by atoms with E-state index in [-0.39, 0.29) is 0 Å². The highest BCUT2D eigenvalue weighted by Gasteiger charge is 2.05. The SMILES string of the molecule is Clc1ccc(-c2nc(Cn3c[c]nn3)cs2)cc1. The summed E-state index contributed by atoms with van der Waals surface area (Å²) in [7, 11) is 0. The number of rotatable bonds is 3. The highest BCUT2D eigenvalue weighted by Crippen LogP contribution is 2.25. The molecular weight excluding hydrogens is 268 g/mol. The average molecular weight is 276 g/mol. The quantitative estimate of drug-likeness (QED) is 0.738. The van der Waals surface area contributed by atoms with Gasteiger partial charge in [0, 0.05) is 16.0 Å². The lowest BCUT2D eigenvalue weighted by Crippen LogP contribution is -2.00. The van der Waals surface area contributed by atoms with Gasteiger partial charge in [-0.25, -0.2) is 9.67 Å². The summed E-state index contributed by atoms with van der Waals surface area (Å²) in [6, 6.07) is 7.66. The van der Waals surface area contributed by atoms with Crippen LogP contribution in [-0.4, -0.2) is 20.0 Å². The zero-order valence-electron chi connectivity index (χ0n) is 9.25. The molecule has 0 aliphatic rings. The Morgan fingerprint density at radius 1 is 1.28 bits per heavy atom. The molecular formula is C12H8ClN4S. The second-order valence-electron chi connectivity index (χ2n) is 3.70. The third-order valence-electron chi connectivity index (χ3n) is 2.39. The van der Waals surface area contributed by atoms with Crippen molar-refractivity contribution < 1.29 is 0 Å². The topological polar surface area (TPSA) is 43.6 Å². The van der Waals surface area contributed by atoms with Gasteiger partial charge in [-0.05, 0) is 12.1 Å². The van der Waals surface area contributed by atoms with Crippen molar-refractivity contribution in [2.75, 3.05) is 0 Å². The molecule has 0 atom stereocenters. The first-order chi connectivity index (χ1) is 8.81. The van der Waals surface area contributed by atoms with Crippen LogP contribution in [0.2, 0.25) is 5.02 Å². The summed E-state index contributed by atoms with van der Waals surface area (Å²) in [6.07, 6.45) is 4.35. The van der Waals surface area contributed by atoms with Crippen LogP contribution in [0.4, 0.5) is 0 Å². The fourth-order valence-corrected chi connectivity index (χ4v) is 2.49. The van der Waals surface area contributed by atoms with Gasteiger partial charge in [0.2, 0.25) is 0 Å². The fourth-order valence-electron chi connectivity index (χ4n) is 1.55. The van der Waals surface area contributed by atoms with Crippen molar-refractivity contribution in [1.82, 2.24) is 20.0 Å². The van der Waals surface area contributed by atoms with Crippen LogP contribution < -0.4 is 0 Å². The summed E-state index contributed by atoms with van der Waals surface area (Å²) >= 11 is 7.46. The normalized spacial score (nSPS) is 10.7. The molecule has 0 fully saturated rings. The van der Waals surface area contributed by atoms with Gasteiger partial charge in [-0.15, -0.1) is 16.4 Å². The monoisotopic (exact) mass is 275 g/mol. The molecule has 0 aliphatic heterocycles. The molecule has 1 radical (unpaired) electrons. The van der Waals surface area contributed by atoms with E-state index in [0.29, 0.717) is 6.54 Å². The molecule has 0 bridgehead atoms. The third-order valence-corrected chi connectivity index (χ3v) is 3.58. The van der Waals surface area contributed by atoms with E-state index in [1.807, 2.05) is 29.6 Å². The number of nitrogens with zero attached hydrogens (tertiary/aromatic N) is 4. The number of thiazole rings is 1. The van der Waals surface area contributed by atoms with E-state index < -0.39 is 0 Å². The minimum atomic E-state index is 0.612. The predicted octanol–water partition coefficient (Wildman–Crippen LogP) is 2.90. The van der Waals surface area contributed by atoms with Crippen LogP contribution in [0.25, 0.3) is 10.6 Å². The van der Waals surface area contributed by atoms with Crippen molar-refractivity contribution in [3.05, 3.63) is 52.8 Å². The summed E-state index contributed by atoms with van der Waals surface area (Å²) in [4.78, 5) is 4.56. The lowest BCUT2D eigenvalue weighted by Gasteiger charge is -1.97. The Morgan fingerprint density at radius 3 is 2.83 bits per heavy atom. The molecule has 89 valence electrons. The minimum Gasteiger partial charge on any atom is -0.246 e. The summed E-state index contributed by atoms with van der Waals surface area (Å²) in [5, 5.41) is 11.2. The second kappa shape index (κ2) is 4.88. The smallest absolute Gasteiger partial charge is 0.134 e. The number of hydrogen-bond acceptors (Lipinski definition) is 4. The van der Waals surface area contributed by atoms with Crippen molar-refractivity contribution in [3.8, 4) is 10.6 Å². The Kier molecular flexibility index (Phi) is 3.08. The molecule has 3 aromatic rings. The molecule has 3 rings (SSSR count). The molecule has 0 N–H and O–H groups in total. The van der Waals surface area contributed by atoms with Gasteiger partial charge in [0.05, 0.1) is 18.4 Å². The number of aromatic nitrogens is 4. The molecule has 0 unspecified atom stereocenters. The van der Waals surface area contributed by atoms with Gasteiger partial charge < -0.3 is 0 Å². The van der Waals surface area contributed by atoms with Crippen molar-refractivity contribution in [2.45, 2.75) is 6.54 Å². The van der Waals surface area contributed by atoms with Crippen LogP contribution in [0.3, 0.4) is 0 Å². The molecule has 18 heavy (non-hydrogen) atoms. The molecule has 2 aromatic heterocycles. The highest BCUT2D eigenvalue weighted by atomic mass is 35.5. The molecule has 0 spiro atoms. The van der Waals surface area contributed by atoms with Gasteiger partial charge in [-0.1, -0.05) is 28.9 Å². The van der Waals surface area contributed by atoms with Crippen LogP contribution in [0, 0.1) is 6.20 Å². The first kappa shape index (κ1) is 11.4. The molecule has 0 amide bonds.